The summed E-state index contributed by atoms with van der Waals surface area (Å²) in [4.78, 5) is 0. The summed E-state index contributed by atoms with van der Waals surface area (Å²) in [6, 6.07) is 5.81. The van der Waals surface area contributed by atoms with E-state index in [0.29, 0.717) is 16.7 Å². The molecule has 18 heavy (non-hydrogen) atoms. The van der Waals surface area contributed by atoms with Crippen LogP contribution in [0, 0.1) is 16.7 Å². The SMILES string of the molecule is COc1ccc(C(Cl)C2C(C)(C)C2(C)C)cc1Cl. The molecule has 0 radical (unpaired) electrons. The predicted molar refractivity (Wildman–Crippen MR) is 77.7 cm³/mol. The lowest BCUT2D eigenvalue weighted by atomic mass is 10.0. The smallest absolute Gasteiger partial charge is 0.137 e. The zero-order valence-corrected chi connectivity index (χ0v) is 13.1. The fourth-order valence-electron chi connectivity index (χ4n) is 3.03. The summed E-state index contributed by atoms with van der Waals surface area (Å²) in [5.41, 5.74) is 1.61. The standard InChI is InChI=1S/C15H20Cl2O/c1-14(2)13(15(14,3)4)12(17)9-6-7-11(18-5)10(16)8-9/h6-8,12-13H,1-5H3. The summed E-state index contributed by atoms with van der Waals surface area (Å²) < 4.78 is 5.16. The Labute approximate surface area is 119 Å². The zero-order valence-electron chi connectivity index (χ0n) is 11.6. The monoisotopic (exact) mass is 286 g/mol. The molecule has 0 N–H and O–H groups in total. The molecule has 1 aliphatic carbocycles. The van der Waals surface area contributed by atoms with Gasteiger partial charge in [-0.05, 0) is 34.4 Å². The number of rotatable bonds is 3. The van der Waals surface area contributed by atoms with Crippen molar-refractivity contribution in [2.75, 3.05) is 7.11 Å². The maximum absolute atomic E-state index is 6.64. The molecule has 0 amide bonds. The first-order valence-electron chi connectivity index (χ1n) is 6.21. The Hall–Kier alpha value is -0.400. The summed E-state index contributed by atoms with van der Waals surface area (Å²) in [6.07, 6.45) is 0. The molecule has 100 valence electrons. The third kappa shape index (κ3) is 1.92. The second kappa shape index (κ2) is 4.31. The number of halogens is 2. The van der Waals surface area contributed by atoms with Gasteiger partial charge >= 0.3 is 0 Å². The Morgan fingerprint density at radius 2 is 1.72 bits per heavy atom. The van der Waals surface area contributed by atoms with Crippen molar-refractivity contribution in [3.63, 3.8) is 0 Å². The molecule has 3 heteroatoms. The van der Waals surface area contributed by atoms with Gasteiger partial charge in [0.25, 0.3) is 0 Å². The molecule has 0 aliphatic heterocycles. The molecule has 0 bridgehead atoms. The summed E-state index contributed by atoms with van der Waals surface area (Å²) in [5, 5.41) is 0.621. The first-order valence-corrected chi connectivity index (χ1v) is 7.02. The molecular formula is C15H20Cl2O. The Kier molecular flexibility index (Phi) is 3.36. The second-order valence-electron chi connectivity index (χ2n) is 6.22. The van der Waals surface area contributed by atoms with Crippen LogP contribution in [-0.4, -0.2) is 7.11 Å². The van der Waals surface area contributed by atoms with Gasteiger partial charge in [0.05, 0.1) is 17.5 Å². The van der Waals surface area contributed by atoms with Gasteiger partial charge in [-0.1, -0.05) is 45.4 Å². The summed E-state index contributed by atoms with van der Waals surface area (Å²) in [6.45, 7) is 9.10. The Balaban J connectivity index is 2.26. The quantitative estimate of drug-likeness (QED) is 0.684. The van der Waals surface area contributed by atoms with E-state index >= 15 is 0 Å². The predicted octanol–water partition coefficient (Wildman–Crippen LogP) is 5.31. The van der Waals surface area contributed by atoms with Gasteiger partial charge in [0.15, 0.2) is 0 Å². The topological polar surface area (TPSA) is 9.23 Å². The summed E-state index contributed by atoms with van der Waals surface area (Å²) >= 11 is 12.8. The fraction of sp³-hybridized carbons (Fsp3) is 0.600. The average molecular weight is 287 g/mol. The molecule has 2 rings (SSSR count). The first-order chi connectivity index (χ1) is 8.23. The van der Waals surface area contributed by atoms with E-state index in [1.165, 1.54) is 0 Å². The van der Waals surface area contributed by atoms with Crippen LogP contribution in [0.25, 0.3) is 0 Å². The van der Waals surface area contributed by atoms with Crippen LogP contribution in [-0.2, 0) is 0 Å². The van der Waals surface area contributed by atoms with Crippen LogP contribution in [0.15, 0.2) is 18.2 Å². The van der Waals surface area contributed by atoms with E-state index in [4.69, 9.17) is 27.9 Å². The van der Waals surface area contributed by atoms with Gasteiger partial charge in [0.2, 0.25) is 0 Å². The lowest BCUT2D eigenvalue weighted by molar-refractivity contribution is 0.414. The highest BCUT2D eigenvalue weighted by Crippen LogP contribution is 2.73. The molecule has 1 aromatic rings. The van der Waals surface area contributed by atoms with Crippen LogP contribution >= 0.6 is 23.2 Å². The van der Waals surface area contributed by atoms with Crippen LogP contribution in [0.5, 0.6) is 5.75 Å². The van der Waals surface area contributed by atoms with E-state index in [9.17, 15) is 0 Å². The van der Waals surface area contributed by atoms with Gasteiger partial charge < -0.3 is 4.74 Å². The highest BCUT2D eigenvalue weighted by Gasteiger charge is 2.67. The third-order valence-corrected chi connectivity index (χ3v) is 5.72. The zero-order chi connectivity index (χ0) is 13.7. The van der Waals surface area contributed by atoms with E-state index in [0.717, 1.165) is 5.56 Å². The van der Waals surface area contributed by atoms with Crippen molar-refractivity contribution in [3.05, 3.63) is 28.8 Å². The van der Waals surface area contributed by atoms with Crippen molar-refractivity contribution < 1.29 is 4.74 Å². The lowest BCUT2D eigenvalue weighted by Crippen LogP contribution is -2.00. The minimum absolute atomic E-state index is 0.00148. The van der Waals surface area contributed by atoms with Crippen molar-refractivity contribution in [2.45, 2.75) is 33.1 Å². The number of hydrogen-bond donors (Lipinski definition) is 0. The van der Waals surface area contributed by atoms with E-state index in [1.54, 1.807) is 7.11 Å². The molecule has 1 aliphatic rings. The number of benzene rings is 1. The number of methoxy groups -OCH3 is 1. The maximum Gasteiger partial charge on any atom is 0.137 e. The molecule has 1 unspecified atom stereocenters. The van der Waals surface area contributed by atoms with Gasteiger partial charge in [-0.25, -0.2) is 0 Å². The van der Waals surface area contributed by atoms with E-state index in [1.807, 2.05) is 18.2 Å². The molecule has 1 saturated carbocycles. The van der Waals surface area contributed by atoms with Crippen LogP contribution in [0.4, 0.5) is 0 Å². The van der Waals surface area contributed by atoms with E-state index in [-0.39, 0.29) is 16.2 Å². The maximum atomic E-state index is 6.64. The Morgan fingerprint density at radius 3 is 2.11 bits per heavy atom. The minimum Gasteiger partial charge on any atom is -0.495 e. The largest absolute Gasteiger partial charge is 0.495 e. The molecule has 0 spiro atoms. The van der Waals surface area contributed by atoms with Crippen LogP contribution < -0.4 is 4.74 Å². The third-order valence-electron chi connectivity index (χ3n) is 4.92. The molecule has 1 atom stereocenters. The highest BCUT2D eigenvalue weighted by atomic mass is 35.5. The number of hydrogen-bond acceptors (Lipinski definition) is 1. The van der Waals surface area contributed by atoms with Gasteiger partial charge in [-0.15, -0.1) is 11.6 Å². The van der Waals surface area contributed by atoms with Crippen molar-refractivity contribution in [3.8, 4) is 5.75 Å². The van der Waals surface area contributed by atoms with Crippen molar-refractivity contribution >= 4 is 23.2 Å². The molecule has 0 saturated heterocycles. The van der Waals surface area contributed by atoms with Gasteiger partial charge in [0.1, 0.15) is 5.75 Å². The molecule has 0 heterocycles. The lowest BCUT2D eigenvalue weighted by Gasteiger charge is -2.13. The fourth-order valence-corrected chi connectivity index (χ4v) is 4.06. The Bertz CT molecular complexity index is 452. The summed E-state index contributed by atoms with van der Waals surface area (Å²) in [5.74, 6) is 1.16. The van der Waals surface area contributed by atoms with Crippen LogP contribution in [0.1, 0.15) is 38.6 Å². The minimum atomic E-state index is -0.00148. The van der Waals surface area contributed by atoms with Crippen LogP contribution in [0.3, 0.4) is 0 Å². The normalized spacial score (nSPS) is 22.6. The van der Waals surface area contributed by atoms with E-state index < -0.39 is 0 Å². The highest BCUT2D eigenvalue weighted by molar-refractivity contribution is 6.32. The van der Waals surface area contributed by atoms with Crippen molar-refractivity contribution in [2.24, 2.45) is 16.7 Å². The average Bonchev–Trinajstić information content (AvgIpc) is 2.68. The van der Waals surface area contributed by atoms with Gasteiger partial charge in [-0.2, -0.15) is 0 Å². The molecule has 0 aromatic heterocycles. The molecular weight excluding hydrogens is 267 g/mol. The van der Waals surface area contributed by atoms with Gasteiger partial charge in [0, 0.05) is 0 Å². The summed E-state index contributed by atoms with van der Waals surface area (Å²) in [7, 11) is 1.62. The van der Waals surface area contributed by atoms with Crippen LogP contribution in [0.2, 0.25) is 5.02 Å². The number of ether oxygens (including phenoxy) is 1. The molecule has 1 fully saturated rings. The number of alkyl halides is 1. The molecule has 1 aromatic carbocycles. The van der Waals surface area contributed by atoms with E-state index in [2.05, 4.69) is 27.7 Å². The molecule has 1 nitrogen and oxygen atoms in total. The first kappa shape index (κ1) is 14.0. The van der Waals surface area contributed by atoms with Gasteiger partial charge in [-0.3, -0.25) is 0 Å². The Morgan fingerprint density at radius 1 is 1.17 bits per heavy atom. The van der Waals surface area contributed by atoms with Crippen molar-refractivity contribution in [1.82, 2.24) is 0 Å². The van der Waals surface area contributed by atoms with Crippen molar-refractivity contribution in [1.29, 1.82) is 0 Å². The second-order valence-corrected chi connectivity index (χ2v) is 7.09.